The summed E-state index contributed by atoms with van der Waals surface area (Å²) in [7, 11) is 0. The average Bonchev–Trinajstić information content (AvgIpc) is 2.06. The zero-order valence-corrected chi connectivity index (χ0v) is 6.28. The van der Waals surface area contributed by atoms with E-state index in [0.717, 1.165) is 11.8 Å². The number of fused-ring (bicyclic) bond motifs is 1. The van der Waals surface area contributed by atoms with Crippen molar-refractivity contribution in [3.8, 4) is 0 Å². The summed E-state index contributed by atoms with van der Waals surface area (Å²) in [6.07, 6.45) is 1.45. The molecule has 0 unspecified atom stereocenters. The molecule has 1 heteroatoms. The zero-order chi connectivity index (χ0) is 6.48. The summed E-state index contributed by atoms with van der Waals surface area (Å²) >= 11 is 0. The quantitative estimate of drug-likeness (QED) is 0.514. The topological polar surface area (TPSA) is 12.0 Å². The van der Waals surface area contributed by atoms with E-state index >= 15 is 0 Å². The van der Waals surface area contributed by atoms with Gasteiger partial charge in [-0.05, 0) is 30.2 Å². The second-order valence-electron chi connectivity index (χ2n) is 4.07. The molecular weight excluding hydrogens is 110 g/mol. The minimum Gasteiger partial charge on any atom is -0.316 e. The Morgan fingerprint density at radius 2 is 2.33 bits per heavy atom. The van der Waals surface area contributed by atoms with Crippen LogP contribution in [0.15, 0.2) is 0 Å². The maximum atomic E-state index is 3.46. The van der Waals surface area contributed by atoms with Gasteiger partial charge in [0.25, 0.3) is 0 Å². The molecule has 1 aliphatic heterocycles. The van der Waals surface area contributed by atoms with E-state index in [9.17, 15) is 0 Å². The minimum atomic E-state index is 0.694. The predicted molar refractivity (Wildman–Crippen MR) is 38.2 cm³/mol. The Bertz CT molecular complexity index is 133. The lowest BCUT2D eigenvalue weighted by Gasteiger charge is -2.47. The normalized spacial score (nSPS) is 56.7. The zero-order valence-electron chi connectivity index (χ0n) is 6.28. The minimum absolute atomic E-state index is 0.694. The van der Waals surface area contributed by atoms with Crippen molar-refractivity contribution < 1.29 is 0 Å². The van der Waals surface area contributed by atoms with E-state index in [1.165, 1.54) is 19.5 Å². The highest BCUT2D eigenvalue weighted by Gasteiger charge is 2.50. The fraction of sp³-hybridized carbons (Fsp3) is 1.00. The predicted octanol–water partition coefficient (Wildman–Crippen LogP) is 1.25. The van der Waals surface area contributed by atoms with E-state index in [-0.39, 0.29) is 0 Å². The third-order valence-corrected chi connectivity index (χ3v) is 3.26. The summed E-state index contributed by atoms with van der Waals surface area (Å²) in [6, 6.07) is 0. The Balaban J connectivity index is 2.13. The molecule has 1 heterocycles. The van der Waals surface area contributed by atoms with Crippen LogP contribution in [-0.4, -0.2) is 13.1 Å². The van der Waals surface area contributed by atoms with Crippen LogP contribution in [0, 0.1) is 17.3 Å². The molecule has 1 aliphatic carbocycles. The molecule has 9 heavy (non-hydrogen) atoms. The Morgan fingerprint density at radius 1 is 1.56 bits per heavy atom. The smallest absolute Gasteiger partial charge is 0.000862 e. The van der Waals surface area contributed by atoms with Crippen LogP contribution >= 0.6 is 0 Å². The van der Waals surface area contributed by atoms with E-state index in [0.29, 0.717) is 5.41 Å². The lowest BCUT2D eigenvalue weighted by Crippen LogP contribution is -2.43. The molecule has 0 radical (unpaired) electrons. The number of rotatable bonds is 0. The third kappa shape index (κ3) is 0.586. The van der Waals surface area contributed by atoms with Crippen molar-refractivity contribution in [1.29, 1.82) is 0 Å². The van der Waals surface area contributed by atoms with Crippen LogP contribution in [0.25, 0.3) is 0 Å². The number of nitrogens with one attached hydrogen (secondary N) is 1. The van der Waals surface area contributed by atoms with Gasteiger partial charge in [0.15, 0.2) is 0 Å². The highest BCUT2D eigenvalue weighted by atomic mass is 15.0. The summed E-state index contributed by atoms with van der Waals surface area (Å²) in [5, 5.41) is 3.46. The second kappa shape index (κ2) is 1.51. The van der Waals surface area contributed by atoms with Crippen molar-refractivity contribution in [2.24, 2.45) is 17.3 Å². The maximum Gasteiger partial charge on any atom is 0.000862 e. The van der Waals surface area contributed by atoms with E-state index in [1.54, 1.807) is 0 Å². The van der Waals surface area contributed by atoms with Gasteiger partial charge < -0.3 is 5.32 Å². The SMILES string of the molecule is C[C@@H]1C[C@]2(C)CNC[C@H]12. The Labute approximate surface area is 56.8 Å². The van der Waals surface area contributed by atoms with Crippen LogP contribution in [0.1, 0.15) is 20.3 Å². The molecule has 0 aromatic carbocycles. The van der Waals surface area contributed by atoms with Crippen LogP contribution in [0.3, 0.4) is 0 Å². The Hall–Kier alpha value is -0.0400. The highest BCUT2D eigenvalue weighted by molar-refractivity contribution is 5.03. The maximum absolute atomic E-state index is 3.46. The van der Waals surface area contributed by atoms with Gasteiger partial charge in [-0.15, -0.1) is 0 Å². The van der Waals surface area contributed by atoms with Crippen molar-refractivity contribution in [2.45, 2.75) is 20.3 Å². The molecule has 3 atom stereocenters. The van der Waals surface area contributed by atoms with E-state index in [1.807, 2.05) is 0 Å². The lowest BCUT2D eigenvalue weighted by atomic mass is 9.57. The fourth-order valence-electron chi connectivity index (χ4n) is 2.72. The molecular formula is C8H15N. The molecule has 52 valence electrons. The molecule has 1 saturated carbocycles. The molecule has 2 rings (SSSR count). The number of hydrogen-bond acceptors (Lipinski definition) is 1. The van der Waals surface area contributed by atoms with Gasteiger partial charge in [0, 0.05) is 6.54 Å². The summed E-state index contributed by atoms with van der Waals surface area (Å²) in [5.74, 6) is 1.99. The molecule has 2 aliphatic rings. The van der Waals surface area contributed by atoms with Gasteiger partial charge in [-0.25, -0.2) is 0 Å². The van der Waals surface area contributed by atoms with Gasteiger partial charge in [-0.3, -0.25) is 0 Å². The first-order chi connectivity index (χ1) is 4.22. The van der Waals surface area contributed by atoms with Gasteiger partial charge >= 0.3 is 0 Å². The second-order valence-corrected chi connectivity index (χ2v) is 4.07. The lowest BCUT2D eigenvalue weighted by molar-refractivity contribution is 0.0337. The van der Waals surface area contributed by atoms with E-state index in [4.69, 9.17) is 0 Å². The largest absolute Gasteiger partial charge is 0.316 e. The van der Waals surface area contributed by atoms with E-state index < -0.39 is 0 Å². The van der Waals surface area contributed by atoms with Gasteiger partial charge in [0.2, 0.25) is 0 Å². The van der Waals surface area contributed by atoms with Crippen LogP contribution in [-0.2, 0) is 0 Å². The summed E-state index contributed by atoms with van der Waals surface area (Å²) in [4.78, 5) is 0. The average molecular weight is 125 g/mol. The first-order valence-electron chi connectivity index (χ1n) is 3.93. The van der Waals surface area contributed by atoms with Gasteiger partial charge in [0.1, 0.15) is 0 Å². The first kappa shape index (κ1) is 5.72. The van der Waals surface area contributed by atoms with Crippen molar-refractivity contribution in [3.05, 3.63) is 0 Å². The standard InChI is InChI=1S/C8H15N/c1-6-3-8(2)5-9-4-7(6)8/h6-7,9H,3-5H2,1-2H3/t6-,7-,8-/m1/s1. The van der Waals surface area contributed by atoms with Crippen LogP contribution in [0.5, 0.6) is 0 Å². The third-order valence-electron chi connectivity index (χ3n) is 3.26. The van der Waals surface area contributed by atoms with Gasteiger partial charge in [-0.2, -0.15) is 0 Å². The molecule has 0 amide bonds. The Kier molecular flexibility index (Phi) is 0.963. The molecule has 1 saturated heterocycles. The fourth-order valence-corrected chi connectivity index (χ4v) is 2.72. The number of hydrogen-bond donors (Lipinski definition) is 1. The molecule has 0 aromatic rings. The summed E-state index contributed by atoms with van der Waals surface area (Å²) < 4.78 is 0. The molecule has 0 aromatic heterocycles. The van der Waals surface area contributed by atoms with Crippen molar-refractivity contribution in [1.82, 2.24) is 5.32 Å². The first-order valence-corrected chi connectivity index (χ1v) is 3.93. The monoisotopic (exact) mass is 125 g/mol. The van der Waals surface area contributed by atoms with Gasteiger partial charge in [-0.1, -0.05) is 13.8 Å². The van der Waals surface area contributed by atoms with Crippen LogP contribution < -0.4 is 5.32 Å². The van der Waals surface area contributed by atoms with E-state index in [2.05, 4.69) is 19.2 Å². The molecule has 1 nitrogen and oxygen atoms in total. The Morgan fingerprint density at radius 3 is 2.78 bits per heavy atom. The van der Waals surface area contributed by atoms with Crippen molar-refractivity contribution >= 4 is 0 Å². The molecule has 1 N–H and O–H groups in total. The van der Waals surface area contributed by atoms with Crippen molar-refractivity contribution in [2.75, 3.05) is 13.1 Å². The molecule has 0 spiro atoms. The van der Waals surface area contributed by atoms with Gasteiger partial charge in [0.05, 0.1) is 0 Å². The van der Waals surface area contributed by atoms with Crippen molar-refractivity contribution in [3.63, 3.8) is 0 Å². The van der Waals surface area contributed by atoms with Crippen LogP contribution in [0.4, 0.5) is 0 Å². The highest BCUT2D eigenvalue weighted by Crippen LogP contribution is 2.52. The summed E-state index contributed by atoms with van der Waals surface area (Å²) in [5.41, 5.74) is 0.694. The molecule has 2 fully saturated rings. The summed E-state index contributed by atoms with van der Waals surface area (Å²) in [6.45, 7) is 7.33. The van der Waals surface area contributed by atoms with Crippen LogP contribution in [0.2, 0.25) is 0 Å². The molecule has 0 bridgehead atoms.